The Morgan fingerprint density at radius 1 is 1.19 bits per heavy atom. The van der Waals surface area contributed by atoms with E-state index in [9.17, 15) is 4.79 Å². The minimum atomic E-state index is -0.285. The van der Waals surface area contributed by atoms with Crippen molar-refractivity contribution in [3.8, 4) is 0 Å². The number of amides is 1. The number of rotatable bonds is 5. The van der Waals surface area contributed by atoms with Gasteiger partial charge in [-0.3, -0.25) is 4.79 Å². The standard InChI is InChI=1S/C17H33N3O/c1-15-6-11-20(12-7-15)13-10-19-16(21)17(14-18)8-4-2-3-5-9-17/h15H,2-14,18H2,1H3,(H,19,21). The Morgan fingerprint density at radius 2 is 1.81 bits per heavy atom. The monoisotopic (exact) mass is 295 g/mol. The first-order chi connectivity index (χ1) is 10.2. The lowest BCUT2D eigenvalue weighted by atomic mass is 9.79. The number of nitrogens with one attached hydrogen (secondary N) is 1. The van der Waals surface area contributed by atoms with E-state index in [1.165, 1.54) is 38.8 Å². The van der Waals surface area contributed by atoms with Gasteiger partial charge in [0, 0.05) is 19.6 Å². The van der Waals surface area contributed by atoms with E-state index in [1.807, 2.05) is 0 Å². The van der Waals surface area contributed by atoms with Gasteiger partial charge in [0.25, 0.3) is 0 Å². The quantitative estimate of drug-likeness (QED) is 0.764. The van der Waals surface area contributed by atoms with Gasteiger partial charge in [-0.2, -0.15) is 0 Å². The fourth-order valence-corrected chi connectivity index (χ4v) is 3.73. The van der Waals surface area contributed by atoms with Crippen molar-refractivity contribution in [1.82, 2.24) is 10.2 Å². The van der Waals surface area contributed by atoms with Crippen LogP contribution in [0.2, 0.25) is 0 Å². The third kappa shape index (κ3) is 4.68. The van der Waals surface area contributed by atoms with Crippen LogP contribution in [0.3, 0.4) is 0 Å². The largest absolute Gasteiger partial charge is 0.354 e. The molecule has 0 bridgehead atoms. The van der Waals surface area contributed by atoms with Crippen molar-refractivity contribution in [2.45, 2.75) is 58.3 Å². The summed E-state index contributed by atoms with van der Waals surface area (Å²) in [5.74, 6) is 1.07. The Bertz CT molecular complexity index is 316. The lowest BCUT2D eigenvalue weighted by Crippen LogP contribution is -2.48. The highest BCUT2D eigenvalue weighted by atomic mass is 16.2. The van der Waals surface area contributed by atoms with Gasteiger partial charge in [0.15, 0.2) is 0 Å². The van der Waals surface area contributed by atoms with Crippen molar-refractivity contribution in [1.29, 1.82) is 0 Å². The van der Waals surface area contributed by atoms with E-state index in [0.29, 0.717) is 6.54 Å². The molecule has 122 valence electrons. The van der Waals surface area contributed by atoms with Gasteiger partial charge < -0.3 is 16.0 Å². The van der Waals surface area contributed by atoms with E-state index >= 15 is 0 Å². The van der Waals surface area contributed by atoms with Crippen molar-refractivity contribution >= 4 is 5.91 Å². The number of hydrogen-bond donors (Lipinski definition) is 2. The predicted molar refractivity (Wildman–Crippen MR) is 87.0 cm³/mol. The van der Waals surface area contributed by atoms with E-state index in [4.69, 9.17) is 5.73 Å². The summed E-state index contributed by atoms with van der Waals surface area (Å²) in [5.41, 5.74) is 5.68. The molecule has 1 amide bonds. The number of piperidine rings is 1. The highest BCUT2D eigenvalue weighted by Gasteiger charge is 2.36. The number of nitrogens with zero attached hydrogens (tertiary/aromatic N) is 1. The third-order valence-corrected chi connectivity index (χ3v) is 5.52. The lowest BCUT2D eigenvalue weighted by Gasteiger charge is -2.32. The first kappa shape index (κ1) is 16.8. The van der Waals surface area contributed by atoms with Crippen molar-refractivity contribution < 1.29 is 4.79 Å². The van der Waals surface area contributed by atoms with E-state index in [1.54, 1.807) is 0 Å². The average Bonchev–Trinajstić information content (AvgIpc) is 2.75. The number of hydrogen-bond acceptors (Lipinski definition) is 3. The van der Waals surface area contributed by atoms with Gasteiger partial charge in [0.2, 0.25) is 5.91 Å². The molecule has 4 nitrogen and oxygen atoms in total. The van der Waals surface area contributed by atoms with Crippen LogP contribution in [0.4, 0.5) is 0 Å². The van der Waals surface area contributed by atoms with Crippen molar-refractivity contribution in [3.63, 3.8) is 0 Å². The molecule has 0 aromatic rings. The molecule has 0 aromatic carbocycles. The molecule has 0 atom stereocenters. The van der Waals surface area contributed by atoms with Crippen LogP contribution in [-0.4, -0.2) is 43.5 Å². The molecule has 0 spiro atoms. The Labute approximate surface area is 129 Å². The van der Waals surface area contributed by atoms with E-state index in [2.05, 4.69) is 17.1 Å². The molecule has 1 aliphatic carbocycles. The van der Waals surface area contributed by atoms with Gasteiger partial charge in [-0.25, -0.2) is 0 Å². The van der Waals surface area contributed by atoms with Crippen molar-refractivity contribution in [3.05, 3.63) is 0 Å². The summed E-state index contributed by atoms with van der Waals surface area (Å²) < 4.78 is 0. The topological polar surface area (TPSA) is 58.4 Å². The second-order valence-electron chi connectivity index (χ2n) is 7.18. The Hall–Kier alpha value is -0.610. The van der Waals surface area contributed by atoms with Crippen LogP contribution in [0.15, 0.2) is 0 Å². The first-order valence-corrected chi connectivity index (χ1v) is 8.87. The molecule has 1 heterocycles. The fraction of sp³-hybridized carbons (Fsp3) is 0.941. The summed E-state index contributed by atoms with van der Waals surface area (Å²) >= 11 is 0. The number of nitrogens with two attached hydrogens (primary N) is 1. The maximum absolute atomic E-state index is 12.6. The summed E-state index contributed by atoms with van der Waals surface area (Å²) in [4.78, 5) is 15.1. The SMILES string of the molecule is CC1CCN(CCNC(=O)C2(CN)CCCCCC2)CC1. The van der Waals surface area contributed by atoms with Crippen LogP contribution >= 0.6 is 0 Å². The Balaban J connectivity index is 1.74. The highest BCUT2D eigenvalue weighted by Crippen LogP contribution is 2.34. The molecule has 21 heavy (non-hydrogen) atoms. The molecular formula is C17H33N3O. The Kier molecular flexibility index (Phi) is 6.49. The molecule has 2 rings (SSSR count). The summed E-state index contributed by atoms with van der Waals surface area (Å²) in [7, 11) is 0. The second kappa shape index (κ2) is 8.14. The van der Waals surface area contributed by atoms with Gasteiger partial charge in [0.1, 0.15) is 0 Å². The minimum absolute atomic E-state index is 0.206. The van der Waals surface area contributed by atoms with Crippen LogP contribution in [0.1, 0.15) is 58.3 Å². The molecule has 1 saturated heterocycles. The number of carbonyl (C=O) groups excluding carboxylic acids is 1. The maximum Gasteiger partial charge on any atom is 0.227 e. The highest BCUT2D eigenvalue weighted by molar-refractivity contribution is 5.82. The zero-order valence-corrected chi connectivity index (χ0v) is 13.7. The van der Waals surface area contributed by atoms with E-state index in [-0.39, 0.29) is 11.3 Å². The van der Waals surface area contributed by atoms with Crippen LogP contribution in [0.25, 0.3) is 0 Å². The van der Waals surface area contributed by atoms with Crippen LogP contribution < -0.4 is 11.1 Å². The van der Waals surface area contributed by atoms with E-state index < -0.39 is 0 Å². The van der Waals surface area contributed by atoms with Crippen LogP contribution in [-0.2, 0) is 4.79 Å². The molecule has 0 radical (unpaired) electrons. The number of carbonyl (C=O) groups is 1. The zero-order chi connectivity index (χ0) is 15.1. The fourth-order valence-electron chi connectivity index (χ4n) is 3.73. The summed E-state index contributed by atoms with van der Waals surface area (Å²) in [6, 6.07) is 0. The van der Waals surface area contributed by atoms with E-state index in [0.717, 1.165) is 44.7 Å². The van der Waals surface area contributed by atoms with Gasteiger partial charge >= 0.3 is 0 Å². The average molecular weight is 295 g/mol. The van der Waals surface area contributed by atoms with Crippen molar-refractivity contribution in [2.75, 3.05) is 32.7 Å². The molecule has 2 aliphatic rings. The van der Waals surface area contributed by atoms with Gasteiger partial charge in [-0.05, 0) is 44.7 Å². The summed E-state index contributed by atoms with van der Waals surface area (Å²) in [6.45, 7) is 6.95. The number of likely N-dealkylation sites (tertiary alicyclic amines) is 1. The van der Waals surface area contributed by atoms with Crippen molar-refractivity contribution in [2.24, 2.45) is 17.1 Å². The zero-order valence-electron chi connectivity index (χ0n) is 13.7. The molecule has 4 heteroatoms. The molecule has 1 saturated carbocycles. The normalized spacial score (nSPS) is 24.5. The lowest BCUT2D eigenvalue weighted by molar-refractivity contribution is -0.131. The molecular weight excluding hydrogens is 262 g/mol. The summed E-state index contributed by atoms with van der Waals surface area (Å²) in [5, 5.41) is 3.17. The van der Waals surface area contributed by atoms with Gasteiger partial charge in [-0.15, -0.1) is 0 Å². The second-order valence-corrected chi connectivity index (χ2v) is 7.18. The van der Waals surface area contributed by atoms with Crippen LogP contribution in [0, 0.1) is 11.3 Å². The molecule has 2 fully saturated rings. The third-order valence-electron chi connectivity index (χ3n) is 5.52. The summed E-state index contributed by atoms with van der Waals surface area (Å²) in [6.07, 6.45) is 9.32. The first-order valence-electron chi connectivity index (χ1n) is 8.87. The van der Waals surface area contributed by atoms with Gasteiger partial charge in [0.05, 0.1) is 5.41 Å². The molecule has 1 aliphatic heterocycles. The Morgan fingerprint density at radius 3 is 2.38 bits per heavy atom. The van der Waals surface area contributed by atoms with Gasteiger partial charge in [-0.1, -0.05) is 32.6 Å². The molecule has 0 unspecified atom stereocenters. The molecule has 3 N–H and O–H groups in total. The minimum Gasteiger partial charge on any atom is -0.354 e. The molecule has 0 aromatic heterocycles. The predicted octanol–water partition coefficient (Wildman–Crippen LogP) is 2.13. The maximum atomic E-state index is 12.6. The van der Waals surface area contributed by atoms with Crippen LogP contribution in [0.5, 0.6) is 0 Å². The smallest absolute Gasteiger partial charge is 0.227 e.